The molecule has 0 amide bonds. The van der Waals surface area contributed by atoms with Crippen LogP contribution in [0.5, 0.6) is 0 Å². The van der Waals surface area contributed by atoms with Crippen LogP contribution in [0.15, 0.2) is 41.4 Å². The number of benzene rings is 1. The Morgan fingerprint density at radius 2 is 1.81 bits per heavy atom. The van der Waals surface area contributed by atoms with Crippen molar-refractivity contribution in [1.29, 1.82) is 0 Å². The number of anilines is 1. The molecule has 0 unspecified atom stereocenters. The number of nitrogens with one attached hydrogen (secondary N) is 2. The highest BCUT2D eigenvalue weighted by molar-refractivity contribution is 5.80. The van der Waals surface area contributed by atoms with Gasteiger partial charge >= 0.3 is 0 Å². The molecule has 2 aliphatic heterocycles. The van der Waals surface area contributed by atoms with Gasteiger partial charge < -0.3 is 20.4 Å². The minimum absolute atomic E-state index is 0.527. The van der Waals surface area contributed by atoms with Crippen molar-refractivity contribution in [2.45, 2.75) is 38.8 Å². The Morgan fingerprint density at radius 3 is 2.42 bits per heavy atom. The van der Waals surface area contributed by atoms with Gasteiger partial charge in [-0.1, -0.05) is 31.2 Å². The van der Waals surface area contributed by atoms with Crippen LogP contribution >= 0.6 is 0 Å². The Morgan fingerprint density at radius 1 is 1.12 bits per heavy atom. The van der Waals surface area contributed by atoms with Gasteiger partial charge in [-0.2, -0.15) is 0 Å². The van der Waals surface area contributed by atoms with Crippen LogP contribution in [0.3, 0.4) is 0 Å². The van der Waals surface area contributed by atoms with E-state index in [4.69, 9.17) is 0 Å². The van der Waals surface area contributed by atoms with Gasteiger partial charge in [-0.15, -0.1) is 0 Å². The zero-order chi connectivity index (χ0) is 18.2. The molecule has 3 rings (SSSR count). The van der Waals surface area contributed by atoms with E-state index in [0.717, 1.165) is 25.6 Å². The first-order valence-electron chi connectivity index (χ1n) is 9.97. The van der Waals surface area contributed by atoms with E-state index in [1.807, 2.05) is 7.05 Å². The molecule has 26 heavy (non-hydrogen) atoms. The third kappa shape index (κ3) is 5.24. The van der Waals surface area contributed by atoms with Crippen LogP contribution in [0.1, 0.15) is 31.7 Å². The van der Waals surface area contributed by atoms with Gasteiger partial charge in [0.1, 0.15) is 0 Å². The number of likely N-dealkylation sites (tertiary alicyclic amines) is 1. The lowest BCUT2D eigenvalue weighted by atomic mass is 10.1. The average Bonchev–Trinajstić information content (AvgIpc) is 3.22. The van der Waals surface area contributed by atoms with Crippen LogP contribution in [0.2, 0.25) is 0 Å². The number of rotatable bonds is 6. The maximum Gasteiger partial charge on any atom is 0.191 e. The highest BCUT2D eigenvalue weighted by Gasteiger charge is 2.19. The first kappa shape index (κ1) is 18.8. The average molecular weight is 356 g/mol. The molecule has 5 heteroatoms. The molecule has 0 aromatic heterocycles. The summed E-state index contributed by atoms with van der Waals surface area (Å²) < 4.78 is 0. The zero-order valence-corrected chi connectivity index (χ0v) is 16.2. The molecule has 0 bridgehead atoms. The number of guanidine groups is 1. The fraction of sp³-hybridized carbons (Fsp3) is 0.571. The lowest BCUT2D eigenvalue weighted by molar-refractivity contribution is 0.206. The monoisotopic (exact) mass is 355 g/mol. The van der Waals surface area contributed by atoms with Crippen LogP contribution in [0, 0.1) is 0 Å². The standard InChI is InChI=1S/C21H33N5/c1-3-12-25-15-10-19(11-16-25)24-21(22-2)23-17-18-6-8-20(9-7-18)26-13-4-5-14-26/h4-9,19H,3,10-17H2,1-2H3,(H2,22,23,24). The Bertz CT molecular complexity index is 591. The van der Waals surface area contributed by atoms with E-state index in [1.54, 1.807) is 0 Å². The van der Waals surface area contributed by atoms with Crippen LogP contribution in [-0.4, -0.2) is 56.7 Å². The van der Waals surface area contributed by atoms with Crippen molar-refractivity contribution >= 4 is 11.6 Å². The lowest BCUT2D eigenvalue weighted by Crippen LogP contribution is -2.48. The van der Waals surface area contributed by atoms with Gasteiger partial charge in [0, 0.05) is 51.5 Å². The van der Waals surface area contributed by atoms with E-state index in [0.29, 0.717) is 6.04 Å². The number of nitrogens with zero attached hydrogens (tertiary/aromatic N) is 3. The summed E-state index contributed by atoms with van der Waals surface area (Å²) in [6.07, 6.45) is 8.07. The first-order valence-corrected chi connectivity index (χ1v) is 9.97. The number of aliphatic imine (C=N–C) groups is 1. The van der Waals surface area contributed by atoms with Gasteiger partial charge in [0.05, 0.1) is 0 Å². The normalized spacial score (nSPS) is 19.2. The second-order valence-electron chi connectivity index (χ2n) is 7.23. The Kier molecular flexibility index (Phi) is 6.95. The van der Waals surface area contributed by atoms with Gasteiger partial charge in [0.25, 0.3) is 0 Å². The third-order valence-corrected chi connectivity index (χ3v) is 5.27. The molecule has 2 N–H and O–H groups in total. The molecule has 0 saturated carbocycles. The van der Waals surface area contributed by atoms with Gasteiger partial charge in [0.2, 0.25) is 0 Å². The van der Waals surface area contributed by atoms with Gasteiger partial charge in [0.15, 0.2) is 5.96 Å². The van der Waals surface area contributed by atoms with Crippen LogP contribution in [-0.2, 0) is 6.54 Å². The van der Waals surface area contributed by atoms with Crippen molar-refractivity contribution in [2.75, 3.05) is 44.7 Å². The molecule has 0 spiro atoms. The van der Waals surface area contributed by atoms with E-state index < -0.39 is 0 Å². The summed E-state index contributed by atoms with van der Waals surface area (Å²) >= 11 is 0. The summed E-state index contributed by atoms with van der Waals surface area (Å²) in [6, 6.07) is 9.36. The lowest BCUT2D eigenvalue weighted by Gasteiger charge is -2.32. The predicted octanol–water partition coefficient (Wildman–Crippen LogP) is 2.60. The van der Waals surface area contributed by atoms with Crippen LogP contribution in [0.25, 0.3) is 0 Å². The molecular weight excluding hydrogens is 322 g/mol. The summed E-state index contributed by atoms with van der Waals surface area (Å²) in [5.74, 6) is 0.909. The molecule has 5 nitrogen and oxygen atoms in total. The predicted molar refractivity (Wildman–Crippen MR) is 111 cm³/mol. The first-order chi connectivity index (χ1) is 12.8. The summed E-state index contributed by atoms with van der Waals surface area (Å²) in [5.41, 5.74) is 2.57. The molecule has 1 saturated heterocycles. The second kappa shape index (κ2) is 9.62. The number of hydrogen-bond acceptors (Lipinski definition) is 3. The summed E-state index contributed by atoms with van der Waals surface area (Å²) in [6.45, 7) is 8.70. The van der Waals surface area contributed by atoms with Crippen molar-refractivity contribution in [3.05, 3.63) is 42.0 Å². The van der Waals surface area contributed by atoms with Gasteiger partial charge in [-0.25, -0.2) is 0 Å². The van der Waals surface area contributed by atoms with Gasteiger partial charge in [-0.3, -0.25) is 4.99 Å². The third-order valence-electron chi connectivity index (χ3n) is 5.27. The Labute approximate surface area is 158 Å². The second-order valence-corrected chi connectivity index (χ2v) is 7.23. The minimum atomic E-state index is 0.527. The fourth-order valence-corrected chi connectivity index (χ4v) is 3.70. The summed E-state index contributed by atoms with van der Waals surface area (Å²) in [4.78, 5) is 9.32. The molecule has 1 aromatic rings. The van der Waals surface area contributed by atoms with Crippen LogP contribution < -0.4 is 15.5 Å². The quantitative estimate of drug-likeness (QED) is 0.468. The minimum Gasteiger partial charge on any atom is -0.364 e. The molecule has 0 atom stereocenters. The Hall–Kier alpha value is -2.01. The molecule has 1 aromatic carbocycles. The molecule has 2 aliphatic rings. The largest absolute Gasteiger partial charge is 0.364 e. The van der Waals surface area contributed by atoms with E-state index in [-0.39, 0.29) is 0 Å². The van der Waals surface area contributed by atoms with E-state index in [1.165, 1.54) is 50.1 Å². The molecule has 0 aliphatic carbocycles. The van der Waals surface area contributed by atoms with Crippen molar-refractivity contribution in [3.8, 4) is 0 Å². The Balaban J connectivity index is 1.42. The van der Waals surface area contributed by atoms with E-state index in [9.17, 15) is 0 Å². The topological polar surface area (TPSA) is 42.9 Å². The van der Waals surface area contributed by atoms with Gasteiger partial charge in [-0.05, 0) is 43.5 Å². The maximum absolute atomic E-state index is 4.40. The molecular formula is C21H33N5. The van der Waals surface area contributed by atoms with Crippen molar-refractivity contribution in [3.63, 3.8) is 0 Å². The summed E-state index contributed by atoms with van der Waals surface area (Å²) in [7, 11) is 1.85. The highest BCUT2D eigenvalue weighted by Crippen LogP contribution is 2.17. The van der Waals surface area contributed by atoms with Crippen molar-refractivity contribution in [1.82, 2.24) is 15.5 Å². The molecule has 1 fully saturated rings. The van der Waals surface area contributed by atoms with E-state index in [2.05, 4.69) is 68.8 Å². The fourth-order valence-electron chi connectivity index (χ4n) is 3.70. The highest BCUT2D eigenvalue weighted by atomic mass is 15.2. The van der Waals surface area contributed by atoms with Crippen molar-refractivity contribution < 1.29 is 0 Å². The SMILES string of the molecule is CCCN1CCC(NC(=NC)NCc2ccc(N3CC=CC3)cc2)CC1. The smallest absolute Gasteiger partial charge is 0.191 e. The number of hydrogen-bond donors (Lipinski definition) is 2. The molecule has 0 radical (unpaired) electrons. The maximum atomic E-state index is 4.40. The number of piperidine rings is 1. The van der Waals surface area contributed by atoms with Crippen molar-refractivity contribution in [2.24, 2.45) is 4.99 Å². The molecule has 2 heterocycles. The zero-order valence-electron chi connectivity index (χ0n) is 16.2. The van der Waals surface area contributed by atoms with E-state index >= 15 is 0 Å². The van der Waals surface area contributed by atoms with Crippen LogP contribution in [0.4, 0.5) is 5.69 Å². The summed E-state index contributed by atoms with van der Waals surface area (Å²) in [5, 5.41) is 7.05. The molecule has 142 valence electrons.